The molecule has 0 bridgehead atoms. The van der Waals surface area contributed by atoms with E-state index in [-0.39, 0.29) is 0 Å². The van der Waals surface area contributed by atoms with Crippen molar-refractivity contribution in [3.05, 3.63) is 24.3 Å². The number of nitrogens with two attached hydrogens (primary N) is 1. The summed E-state index contributed by atoms with van der Waals surface area (Å²) in [6.45, 7) is 2.12. The van der Waals surface area contributed by atoms with E-state index >= 15 is 0 Å². The zero-order valence-electron chi connectivity index (χ0n) is 10.7. The molecule has 1 aliphatic rings. The molecule has 0 amide bonds. The minimum atomic E-state index is 0.626. The fourth-order valence-electron chi connectivity index (χ4n) is 1.93. The van der Waals surface area contributed by atoms with E-state index in [4.69, 9.17) is 10.5 Å². The molecule has 1 heterocycles. The maximum Gasteiger partial charge on any atom is 0.184 e. The van der Waals surface area contributed by atoms with E-state index in [1.807, 2.05) is 24.3 Å². The molecule has 3 rings (SSSR count). The maximum absolute atomic E-state index is 5.94. The number of anilines is 1. The lowest BCUT2D eigenvalue weighted by atomic mass is 10.2. The van der Waals surface area contributed by atoms with Crippen molar-refractivity contribution in [1.82, 2.24) is 20.2 Å². The van der Waals surface area contributed by atoms with E-state index in [0.717, 1.165) is 18.1 Å². The third-order valence-electron chi connectivity index (χ3n) is 3.23. The molecule has 6 nitrogen and oxygen atoms in total. The van der Waals surface area contributed by atoms with Crippen LogP contribution in [-0.4, -0.2) is 33.4 Å². The molecule has 1 aromatic carbocycles. The molecule has 0 unspecified atom stereocenters. The lowest BCUT2D eigenvalue weighted by Crippen LogP contribution is -2.10. The van der Waals surface area contributed by atoms with Crippen LogP contribution in [0.3, 0.4) is 0 Å². The average molecular weight is 259 g/mol. The summed E-state index contributed by atoms with van der Waals surface area (Å²) in [5.74, 6) is 1.46. The van der Waals surface area contributed by atoms with Gasteiger partial charge in [-0.05, 0) is 41.3 Å². The molecule has 1 aromatic heterocycles. The third-order valence-corrected chi connectivity index (χ3v) is 3.23. The van der Waals surface area contributed by atoms with Crippen molar-refractivity contribution in [2.75, 3.05) is 18.9 Å². The monoisotopic (exact) mass is 259 g/mol. The number of benzene rings is 1. The molecule has 2 N–H and O–H groups in total. The Morgan fingerprint density at radius 3 is 2.95 bits per heavy atom. The second kappa shape index (κ2) is 5.36. The number of hydrogen-bond donors (Lipinski definition) is 1. The molecule has 0 aliphatic heterocycles. The van der Waals surface area contributed by atoms with Gasteiger partial charge in [0.1, 0.15) is 0 Å². The maximum atomic E-state index is 5.94. The van der Waals surface area contributed by atoms with Crippen LogP contribution in [0.4, 0.5) is 5.69 Å². The first-order valence-corrected chi connectivity index (χ1v) is 6.53. The van der Waals surface area contributed by atoms with Crippen molar-refractivity contribution in [3.8, 4) is 11.4 Å². The van der Waals surface area contributed by atoms with Crippen LogP contribution in [0.2, 0.25) is 0 Å². The van der Waals surface area contributed by atoms with E-state index in [0.29, 0.717) is 24.7 Å². The Morgan fingerprint density at radius 1 is 1.32 bits per heavy atom. The molecular weight excluding hydrogens is 242 g/mol. The van der Waals surface area contributed by atoms with Gasteiger partial charge in [-0.3, -0.25) is 0 Å². The van der Waals surface area contributed by atoms with Crippen molar-refractivity contribution in [1.29, 1.82) is 0 Å². The van der Waals surface area contributed by atoms with E-state index in [1.54, 1.807) is 4.68 Å². The summed E-state index contributed by atoms with van der Waals surface area (Å²) in [7, 11) is 0. The molecule has 100 valence electrons. The molecule has 1 saturated carbocycles. The van der Waals surface area contributed by atoms with Crippen LogP contribution < -0.4 is 5.73 Å². The predicted molar refractivity (Wildman–Crippen MR) is 71.2 cm³/mol. The lowest BCUT2D eigenvalue weighted by molar-refractivity contribution is 0.114. The first-order chi connectivity index (χ1) is 9.34. The zero-order valence-corrected chi connectivity index (χ0v) is 10.7. The summed E-state index contributed by atoms with van der Waals surface area (Å²) in [5.41, 5.74) is 7.48. The van der Waals surface area contributed by atoms with Crippen molar-refractivity contribution < 1.29 is 4.74 Å². The van der Waals surface area contributed by atoms with E-state index in [1.165, 1.54) is 12.8 Å². The van der Waals surface area contributed by atoms with Crippen molar-refractivity contribution in [3.63, 3.8) is 0 Å². The van der Waals surface area contributed by atoms with E-state index in [9.17, 15) is 0 Å². The largest absolute Gasteiger partial charge is 0.398 e. The number of ether oxygens (including phenoxy) is 1. The molecule has 0 atom stereocenters. The van der Waals surface area contributed by atoms with Crippen LogP contribution in [0.25, 0.3) is 11.4 Å². The first kappa shape index (κ1) is 12.1. The van der Waals surface area contributed by atoms with Crippen molar-refractivity contribution in [2.24, 2.45) is 5.92 Å². The summed E-state index contributed by atoms with van der Waals surface area (Å²) in [6.07, 6.45) is 2.60. The number of nitrogen functional groups attached to an aromatic ring is 1. The smallest absolute Gasteiger partial charge is 0.184 e. The fraction of sp³-hybridized carbons (Fsp3) is 0.462. The van der Waals surface area contributed by atoms with Gasteiger partial charge in [-0.25, -0.2) is 4.68 Å². The summed E-state index contributed by atoms with van der Waals surface area (Å²) in [5, 5.41) is 11.7. The number of rotatable bonds is 6. The molecule has 19 heavy (non-hydrogen) atoms. The quantitative estimate of drug-likeness (QED) is 0.625. The van der Waals surface area contributed by atoms with E-state index in [2.05, 4.69) is 15.5 Å². The molecule has 0 radical (unpaired) electrons. The standard InChI is InChI=1S/C13H17N5O/c14-12-4-2-1-3-11(12)13-15-16-17-18(13)7-8-19-9-10-5-6-10/h1-4,10H,5-9,14H2. The molecule has 2 aromatic rings. The van der Waals surface area contributed by atoms with Gasteiger partial charge in [-0.15, -0.1) is 5.10 Å². The van der Waals surface area contributed by atoms with Crippen LogP contribution >= 0.6 is 0 Å². The fourth-order valence-corrected chi connectivity index (χ4v) is 1.93. The second-order valence-electron chi connectivity index (χ2n) is 4.83. The topological polar surface area (TPSA) is 78.9 Å². The van der Waals surface area contributed by atoms with Crippen LogP contribution in [0.15, 0.2) is 24.3 Å². The molecule has 1 aliphatic carbocycles. The van der Waals surface area contributed by atoms with Gasteiger partial charge >= 0.3 is 0 Å². The normalized spacial score (nSPS) is 14.7. The highest BCUT2D eigenvalue weighted by Crippen LogP contribution is 2.28. The number of tetrazole rings is 1. The minimum absolute atomic E-state index is 0.626. The highest BCUT2D eigenvalue weighted by molar-refractivity contribution is 5.70. The summed E-state index contributed by atoms with van der Waals surface area (Å²) >= 11 is 0. The summed E-state index contributed by atoms with van der Waals surface area (Å²) < 4.78 is 7.34. The Bertz CT molecular complexity index is 549. The molecule has 0 saturated heterocycles. The Morgan fingerprint density at radius 2 is 2.16 bits per heavy atom. The Hall–Kier alpha value is -1.95. The van der Waals surface area contributed by atoms with Crippen LogP contribution in [0.5, 0.6) is 0 Å². The highest BCUT2D eigenvalue weighted by Gasteiger charge is 2.21. The van der Waals surface area contributed by atoms with Gasteiger partial charge in [-0.2, -0.15) is 0 Å². The summed E-state index contributed by atoms with van der Waals surface area (Å²) in [4.78, 5) is 0. The molecular formula is C13H17N5O. The molecule has 1 fully saturated rings. The van der Waals surface area contributed by atoms with Gasteiger partial charge in [0.05, 0.1) is 13.2 Å². The second-order valence-corrected chi connectivity index (χ2v) is 4.83. The van der Waals surface area contributed by atoms with Crippen LogP contribution in [-0.2, 0) is 11.3 Å². The molecule has 6 heteroatoms. The van der Waals surface area contributed by atoms with Crippen LogP contribution in [0.1, 0.15) is 12.8 Å². The predicted octanol–water partition coefficient (Wildman–Crippen LogP) is 1.35. The number of aromatic nitrogens is 4. The zero-order chi connectivity index (χ0) is 13.1. The van der Waals surface area contributed by atoms with Gasteiger partial charge in [0, 0.05) is 17.9 Å². The van der Waals surface area contributed by atoms with Gasteiger partial charge in [0.2, 0.25) is 0 Å². The van der Waals surface area contributed by atoms with Gasteiger partial charge in [-0.1, -0.05) is 12.1 Å². The van der Waals surface area contributed by atoms with Gasteiger partial charge < -0.3 is 10.5 Å². The Labute approximate surface area is 111 Å². The van der Waals surface area contributed by atoms with Gasteiger partial charge in [0.25, 0.3) is 0 Å². The van der Waals surface area contributed by atoms with E-state index < -0.39 is 0 Å². The summed E-state index contributed by atoms with van der Waals surface area (Å²) in [6, 6.07) is 7.58. The third kappa shape index (κ3) is 2.90. The minimum Gasteiger partial charge on any atom is -0.398 e. The highest BCUT2D eigenvalue weighted by atomic mass is 16.5. The number of nitrogens with zero attached hydrogens (tertiary/aromatic N) is 4. The number of para-hydroxylation sites is 1. The lowest BCUT2D eigenvalue weighted by Gasteiger charge is -2.07. The first-order valence-electron chi connectivity index (χ1n) is 6.53. The van der Waals surface area contributed by atoms with Crippen LogP contribution in [0, 0.1) is 5.92 Å². The Balaban J connectivity index is 1.65. The average Bonchev–Trinajstić information content (AvgIpc) is 3.13. The van der Waals surface area contributed by atoms with Gasteiger partial charge in [0.15, 0.2) is 5.82 Å². The van der Waals surface area contributed by atoms with Crippen molar-refractivity contribution in [2.45, 2.75) is 19.4 Å². The SMILES string of the molecule is Nc1ccccc1-c1nnnn1CCOCC1CC1. The van der Waals surface area contributed by atoms with Crippen molar-refractivity contribution >= 4 is 5.69 Å². The number of hydrogen-bond acceptors (Lipinski definition) is 5. The molecule has 0 spiro atoms. The Kier molecular flexibility index (Phi) is 3.41.